The summed E-state index contributed by atoms with van der Waals surface area (Å²) in [5.41, 5.74) is 2.95. The number of fused-ring (bicyclic) bond motifs is 1. The van der Waals surface area contributed by atoms with Crippen molar-refractivity contribution in [3.8, 4) is 17.0 Å². The highest BCUT2D eigenvalue weighted by molar-refractivity contribution is 5.82. The van der Waals surface area contributed by atoms with Crippen LogP contribution in [-0.4, -0.2) is 26.8 Å². The number of aromatic nitrogens is 3. The Morgan fingerprint density at radius 3 is 2.64 bits per heavy atom. The lowest BCUT2D eigenvalue weighted by atomic mass is 9.75. The van der Waals surface area contributed by atoms with Crippen molar-refractivity contribution in [3.63, 3.8) is 0 Å². The molecule has 1 aliphatic carbocycles. The van der Waals surface area contributed by atoms with Gasteiger partial charge >= 0.3 is 0 Å². The Hall–Kier alpha value is -2.40. The van der Waals surface area contributed by atoms with Crippen molar-refractivity contribution in [2.75, 3.05) is 7.11 Å². The van der Waals surface area contributed by atoms with Gasteiger partial charge in [-0.25, -0.2) is 9.50 Å². The molecule has 0 bridgehead atoms. The van der Waals surface area contributed by atoms with E-state index in [1.165, 1.54) is 0 Å². The van der Waals surface area contributed by atoms with Crippen LogP contribution in [0.5, 0.6) is 5.88 Å². The second-order valence-corrected chi connectivity index (χ2v) is 5.73. The molecule has 0 saturated heterocycles. The predicted octanol–water partition coefficient (Wildman–Crippen LogP) is 2.78. The van der Waals surface area contributed by atoms with Crippen molar-refractivity contribution in [1.82, 2.24) is 14.6 Å². The molecule has 0 amide bonds. The van der Waals surface area contributed by atoms with Crippen LogP contribution in [-0.2, 0) is 5.60 Å². The zero-order chi connectivity index (χ0) is 15.2. The molecule has 0 unspecified atom stereocenters. The average molecular weight is 295 g/mol. The van der Waals surface area contributed by atoms with Crippen LogP contribution in [0.25, 0.3) is 16.8 Å². The molecule has 0 radical (unpaired) electrons. The highest BCUT2D eigenvalue weighted by atomic mass is 16.5. The van der Waals surface area contributed by atoms with Gasteiger partial charge in [0.15, 0.2) is 5.65 Å². The Bertz CT molecular complexity index is 820. The van der Waals surface area contributed by atoms with Crippen molar-refractivity contribution in [3.05, 3.63) is 48.3 Å². The normalized spacial score (nSPS) is 16.5. The van der Waals surface area contributed by atoms with E-state index in [9.17, 15) is 5.11 Å². The molecule has 112 valence electrons. The van der Waals surface area contributed by atoms with E-state index in [2.05, 4.69) is 10.1 Å². The summed E-state index contributed by atoms with van der Waals surface area (Å²) in [4.78, 5) is 4.40. The molecule has 2 aromatic heterocycles. The maximum absolute atomic E-state index is 10.4. The molecular formula is C17H17N3O2. The average Bonchev–Trinajstić information content (AvgIpc) is 2.91. The number of aliphatic hydroxyl groups is 1. The molecule has 5 nitrogen and oxygen atoms in total. The van der Waals surface area contributed by atoms with Crippen LogP contribution < -0.4 is 4.74 Å². The van der Waals surface area contributed by atoms with Crippen molar-refractivity contribution in [2.24, 2.45) is 0 Å². The Kier molecular flexibility index (Phi) is 2.90. The highest BCUT2D eigenvalue weighted by Crippen LogP contribution is 2.42. The van der Waals surface area contributed by atoms with E-state index in [0.717, 1.165) is 41.6 Å². The number of ether oxygens (including phenoxy) is 1. The summed E-state index contributed by atoms with van der Waals surface area (Å²) >= 11 is 0. The van der Waals surface area contributed by atoms with Gasteiger partial charge in [0.25, 0.3) is 0 Å². The monoisotopic (exact) mass is 295 g/mol. The first-order chi connectivity index (χ1) is 10.7. The first-order valence-corrected chi connectivity index (χ1v) is 7.42. The quantitative estimate of drug-likeness (QED) is 0.807. The third kappa shape index (κ3) is 1.89. The second-order valence-electron chi connectivity index (χ2n) is 5.73. The topological polar surface area (TPSA) is 59.7 Å². The van der Waals surface area contributed by atoms with Gasteiger partial charge in [-0.2, -0.15) is 0 Å². The Balaban J connectivity index is 1.81. The van der Waals surface area contributed by atoms with Crippen molar-refractivity contribution in [1.29, 1.82) is 0 Å². The zero-order valence-electron chi connectivity index (χ0n) is 12.4. The molecule has 1 aliphatic rings. The lowest BCUT2D eigenvalue weighted by molar-refractivity contribution is -0.0387. The molecular weight excluding hydrogens is 278 g/mol. The summed E-state index contributed by atoms with van der Waals surface area (Å²) in [7, 11) is 1.61. The lowest BCUT2D eigenvalue weighted by Gasteiger charge is -2.37. The smallest absolute Gasteiger partial charge is 0.243 e. The Morgan fingerprint density at radius 2 is 2.00 bits per heavy atom. The molecule has 0 aliphatic heterocycles. The molecule has 1 fully saturated rings. The molecule has 0 spiro atoms. The first-order valence-electron chi connectivity index (χ1n) is 7.42. The SMILES string of the molecule is COc1nn2cccnc2c1-c1ccc(C2(O)CCC2)cc1. The van der Waals surface area contributed by atoms with Crippen molar-refractivity contribution < 1.29 is 9.84 Å². The fraction of sp³-hybridized carbons (Fsp3) is 0.294. The number of benzene rings is 1. The summed E-state index contributed by atoms with van der Waals surface area (Å²) in [6.07, 6.45) is 6.36. The first kappa shape index (κ1) is 13.3. The van der Waals surface area contributed by atoms with Gasteiger partial charge in [0, 0.05) is 12.4 Å². The minimum Gasteiger partial charge on any atom is -0.479 e. The fourth-order valence-electron chi connectivity index (χ4n) is 3.01. The van der Waals surface area contributed by atoms with E-state index in [4.69, 9.17) is 4.74 Å². The number of hydrogen-bond donors (Lipinski definition) is 1. The molecule has 4 rings (SSSR count). The third-order valence-corrected chi connectivity index (χ3v) is 4.45. The van der Waals surface area contributed by atoms with Gasteiger partial charge in [-0.3, -0.25) is 0 Å². The van der Waals surface area contributed by atoms with Gasteiger partial charge in [-0.15, -0.1) is 5.10 Å². The minimum absolute atomic E-state index is 0.550. The number of methoxy groups -OCH3 is 1. The fourth-order valence-corrected chi connectivity index (χ4v) is 3.01. The van der Waals surface area contributed by atoms with E-state index in [1.54, 1.807) is 17.8 Å². The van der Waals surface area contributed by atoms with Gasteiger partial charge in [-0.1, -0.05) is 24.3 Å². The van der Waals surface area contributed by atoms with Gasteiger partial charge in [-0.05, 0) is 36.5 Å². The predicted molar refractivity (Wildman–Crippen MR) is 82.7 cm³/mol. The van der Waals surface area contributed by atoms with Crippen LogP contribution in [0.3, 0.4) is 0 Å². The molecule has 1 saturated carbocycles. The van der Waals surface area contributed by atoms with Crippen molar-refractivity contribution >= 4 is 5.65 Å². The van der Waals surface area contributed by atoms with Crippen LogP contribution in [0.2, 0.25) is 0 Å². The van der Waals surface area contributed by atoms with E-state index in [0.29, 0.717) is 5.88 Å². The van der Waals surface area contributed by atoms with E-state index in [-0.39, 0.29) is 0 Å². The minimum atomic E-state index is -0.637. The van der Waals surface area contributed by atoms with E-state index >= 15 is 0 Å². The van der Waals surface area contributed by atoms with E-state index in [1.807, 2.05) is 36.5 Å². The molecule has 2 heterocycles. The number of nitrogens with zero attached hydrogens (tertiary/aromatic N) is 3. The number of rotatable bonds is 3. The largest absolute Gasteiger partial charge is 0.479 e. The summed E-state index contributed by atoms with van der Waals surface area (Å²) in [5.74, 6) is 0.550. The third-order valence-electron chi connectivity index (χ3n) is 4.45. The van der Waals surface area contributed by atoms with Crippen LogP contribution in [0.4, 0.5) is 0 Å². The molecule has 0 atom stereocenters. The number of hydrogen-bond acceptors (Lipinski definition) is 4. The standard InChI is InChI=1S/C17H17N3O2/c1-22-16-14(15-18-10-3-11-20(15)19-16)12-4-6-13(7-5-12)17(21)8-2-9-17/h3-7,10-11,21H,2,8-9H2,1H3. The summed E-state index contributed by atoms with van der Waals surface area (Å²) in [6, 6.07) is 9.80. The maximum Gasteiger partial charge on any atom is 0.243 e. The Morgan fingerprint density at radius 1 is 1.23 bits per heavy atom. The Labute approximate surface area is 128 Å². The van der Waals surface area contributed by atoms with E-state index < -0.39 is 5.60 Å². The van der Waals surface area contributed by atoms with Crippen molar-refractivity contribution in [2.45, 2.75) is 24.9 Å². The van der Waals surface area contributed by atoms with Crippen LogP contribution in [0, 0.1) is 0 Å². The van der Waals surface area contributed by atoms with Crippen LogP contribution in [0.1, 0.15) is 24.8 Å². The van der Waals surface area contributed by atoms with Gasteiger partial charge < -0.3 is 9.84 Å². The molecule has 1 N–H and O–H groups in total. The van der Waals surface area contributed by atoms with Crippen LogP contribution >= 0.6 is 0 Å². The van der Waals surface area contributed by atoms with Crippen LogP contribution in [0.15, 0.2) is 42.7 Å². The second kappa shape index (κ2) is 4.81. The summed E-state index contributed by atoms with van der Waals surface area (Å²) in [5, 5.41) is 14.8. The van der Waals surface area contributed by atoms with Gasteiger partial charge in [0.2, 0.25) is 5.88 Å². The molecule has 5 heteroatoms. The molecule has 1 aromatic carbocycles. The maximum atomic E-state index is 10.4. The summed E-state index contributed by atoms with van der Waals surface area (Å²) in [6.45, 7) is 0. The van der Waals surface area contributed by atoms with Gasteiger partial charge in [0.1, 0.15) is 0 Å². The summed E-state index contributed by atoms with van der Waals surface area (Å²) < 4.78 is 7.10. The lowest BCUT2D eigenvalue weighted by Crippen LogP contribution is -2.33. The van der Waals surface area contributed by atoms with Gasteiger partial charge in [0.05, 0.1) is 18.3 Å². The molecule has 3 aromatic rings. The zero-order valence-corrected chi connectivity index (χ0v) is 12.4. The highest BCUT2D eigenvalue weighted by Gasteiger charge is 2.36. The molecule has 22 heavy (non-hydrogen) atoms.